The number of imidazole rings is 1. The molecule has 0 bridgehead atoms. The van der Waals surface area contributed by atoms with E-state index in [0.717, 1.165) is 26.9 Å². The first-order chi connectivity index (χ1) is 23.8. The Hall–Kier alpha value is -3.41. The van der Waals surface area contributed by atoms with Gasteiger partial charge in [0, 0.05) is 34.6 Å². The predicted molar refractivity (Wildman–Crippen MR) is 200 cm³/mol. The normalized spacial score (nSPS) is 17.7. The van der Waals surface area contributed by atoms with Gasteiger partial charge in [-0.15, -0.1) is 11.6 Å². The molecule has 4 atom stereocenters. The molecule has 0 radical (unpaired) electrons. The Labute approximate surface area is 307 Å². The number of rotatable bonds is 17. The van der Waals surface area contributed by atoms with Crippen molar-refractivity contribution in [2.75, 3.05) is 24.6 Å². The molecule has 270 valence electrons. The Morgan fingerprint density at radius 2 is 1.84 bits per heavy atom. The van der Waals surface area contributed by atoms with Gasteiger partial charge in [-0.2, -0.15) is 0 Å². The Bertz CT molecular complexity index is 1730. The number of nitrogens with one attached hydrogen (secondary N) is 1. The topological polar surface area (TPSA) is 148 Å². The number of esters is 1. The van der Waals surface area contributed by atoms with Gasteiger partial charge >= 0.3 is 19.7 Å². The summed E-state index contributed by atoms with van der Waals surface area (Å²) < 4.78 is 37.7. The van der Waals surface area contributed by atoms with Gasteiger partial charge in [-0.1, -0.05) is 80.5 Å². The fourth-order valence-corrected chi connectivity index (χ4v) is 8.56. The number of primary amides is 1. The molecule has 3 unspecified atom stereocenters. The van der Waals surface area contributed by atoms with Crippen LogP contribution in [0.4, 0.5) is 10.5 Å². The maximum atomic E-state index is 13.8. The molecular formula is C35H44Cl2N4O7PS+. The van der Waals surface area contributed by atoms with Crippen LogP contribution in [-0.4, -0.2) is 57.2 Å². The third kappa shape index (κ3) is 11.0. The summed E-state index contributed by atoms with van der Waals surface area (Å²) in [6, 6.07) is 16.5. The summed E-state index contributed by atoms with van der Waals surface area (Å²) in [4.78, 5) is 27.4. The van der Waals surface area contributed by atoms with Gasteiger partial charge < -0.3 is 34.4 Å². The minimum absolute atomic E-state index is 0.00974. The maximum Gasteiger partial charge on any atom is 0.513 e. The number of para-hydroxylation sites is 1. The third-order valence-electron chi connectivity index (χ3n) is 7.60. The van der Waals surface area contributed by atoms with Crippen molar-refractivity contribution in [3.05, 3.63) is 93.8 Å². The summed E-state index contributed by atoms with van der Waals surface area (Å²) >= 11 is 14.6. The monoisotopic (exact) mass is 765 g/mol. The number of carbonyl (C=O) groups excluding carboxylic acids is 2. The van der Waals surface area contributed by atoms with Crippen LogP contribution in [0.5, 0.6) is 5.75 Å². The highest BCUT2D eigenvalue weighted by Gasteiger charge is 2.35. The lowest BCUT2D eigenvalue weighted by molar-refractivity contribution is 0.145. The summed E-state index contributed by atoms with van der Waals surface area (Å²) in [6.45, 7) is 10.2. The summed E-state index contributed by atoms with van der Waals surface area (Å²) in [5.74, 6) is 0.649. The number of aromatic nitrogens is 2. The first-order valence-electron chi connectivity index (χ1n) is 16.2. The Morgan fingerprint density at radius 3 is 2.46 bits per heavy atom. The first kappa shape index (κ1) is 39.4. The van der Waals surface area contributed by atoms with Crippen LogP contribution >= 0.6 is 42.6 Å². The molecule has 3 aromatic rings. The molecule has 1 aliphatic rings. The number of ether oxygens (including phenoxy) is 2. The fraction of sp³-hybridized carbons (Fsp3) is 0.400. The van der Waals surface area contributed by atoms with Gasteiger partial charge in [0.15, 0.2) is 13.2 Å². The van der Waals surface area contributed by atoms with Crippen LogP contribution in [0.1, 0.15) is 57.6 Å². The molecule has 1 aromatic heterocycles. The molecule has 4 N–H and O–H groups in total. The number of amides is 1. The molecule has 50 heavy (non-hydrogen) atoms. The fourth-order valence-electron chi connectivity index (χ4n) is 4.90. The van der Waals surface area contributed by atoms with Gasteiger partial charge in [0.1, 0.15) is 16.6 Å². The number of hydrogen-bond donors (Lipinski definition) is 2. The van der Waals surface area contributed by atoms with E-state index in [1.807, 2.05) is 54.0 Å². The molecule has 1 heterocycles. The van der Waals surface area contributed by atoms with Crippen LogP contribution in [0.15, 0.2) is 81.7 Å². The summed E-state index contributed by atoms with van der Waals surface area (Å²) in [7, 11) is -3.73. The van der Waals surface area contributed by atoms with Crippen molar-refractivity contribution in [3.8, 4) is 5.75 Å². The number of anilines is 1. The highest BCUT2D eigenvalue weighted by Crippen LogP contribution is 2.49. The number of alkyl halides is 1. The van der Waals surface area contributed by atoms with E-state index in [4.69, 9.17) is 52.4 Å². The van der Waals surface area contributed by atoms with Gasteiger partial charge in [-0.3, -0.25) is 4.52 Å². The molecule has 0 saturated carbocycles. The average Bonchev–Trinajstić information content (AvgIpc) is 3.40. The van der Waals surface area contributed by atoms with Crippen molar-refractivity contribution in [3.63, 3.8) is 0 Å². The van der Waals surface area contributed by atoms with E-state index in [-0.39, 0.29) is 49.1 Å². The second-order valence-electron chi connectivity index (χ2n) is 11.9. The third-order valence-corrected chi connectivity index (χ3v) is 11.6. The van der Waals surface area contributed by atoms with Crippen molar-refractivity contribution in [2.24, 2.45) is 11.7 Å². The van der Waals surface area contributed by atoms with Crippen LogP contribution < -0.4 is 15.6 Å². The molecular weight excluding hydrogens is 722 g/mol. The summed E-state index contributed by atoms with van der Waals surface area (Å²) in [5.41, 5.74) is 7.89. The highest BCUT2D eigenvalue weighted by atomic mass is 35.5. The van der Waals surface area contributed by atoms with Gasteiger partial charge in [-0.25, -0.2) is 14.3 Å². The molecule has 11 nitrogen and oxygen atoms in total. The number of halogens is 2. The lowest BCUT2D eigenvalue weighted by Gasteiger charge is -2.21. The summed E-state index contributed by atoms with van der Waals surface area (Å²) in [5, 5.41) is 4.59. The van der Waals surface area contributed by atoms with Gasteiger partial charge in [0.2, 0.25) is 6.10 Å². The smallest absolute Gasteiger partial charge is 0.442 e. The SMILES string of the molecule is CCOC(=[OH+])[C@H](C)OP(=O)(CCNc1ccc(Cn2c(COC(N)=O)nc(C(C)C)c2SC2=CC(Cl)C(C)C(Cl)=C2)cc1)Oc1ccccc1. The number of allylic oxidation sites excluding steroid dienone is 3. The number of benzene rings is 2. The second kappa shape index (κ2) is 18.2. The molecule has 0 saturated heterocycles. The quantitative estimate of drug-likeness (QED) is 0.0596. The second-order valence-corrected chi connectivity index (χ2v) is 15.9. The molecule has 1 aliphatic carbocycles. The minimum Gasteiger partial charge on any atom is -0.442 e. The van der Waals surface area contributed by atoms with Crippen LogP contribution in [0, 0.1) is 5.92 Å². The molecule has 2 aromatic carbocycles. The van der Waals surface area contributed by atoms with E-state index in [9.17, 15) is 14.2 Å². The molecule has 1 amide bonds. The number of nitrogens with zero attached hydrogens (tertiary/aromatic N) is 2. The first-order valence-corrected chi connectivity index (χ1v) is 19.6. The largest absolute Gasteiger partial charge is 0.513 e. The highest BCUT2D eigenvalue weighted by molar-refractivity contribution is 8.03. The van der Waals surface area contributed by atoms with E-state index < -0.39 is 19.8 Å². The lowest BCUT2D eigenvalue weighted by Crippen LogP contribution is -2.25. The minimum atomic E-state index is -3.73. The molecule has 0 fully saturated rings. The standard InChI is InChI=1S/C35H43Cl2N4O7PS/c1-6-45-34(42)24(5)47-49(44,48-27-10-8-7-9-11-27)17-16-39-26-14-12-25(13-15-26)20-41-31(21-46-35(38)43)40-32(22(2)3)33(41)50-28-18-29(36)23(4)30(37)19-28/h7-15,18-19,22-24,29,39H,6,16-17,20-21H2,1-5H3,(H2,38,43)/p+1/t23?,24-,29?,49?/m0/s1. The van der Waals surface area contributed by atoms with E-state index >= 15 is 0 Å². The number of hydrogen-bond acceptors (Lipinski definition) is 9. The van der Waals surface area contributed by atoms with Gasteiger partial charge in [0.05, 0.1) is 17.2 Å². The van der Waals surface area contributed by atoms with Gasteiger partial charge in [0.25, 0.3) is 0 Å². The van der Waals surface area contributed by atoms with E-state index in [0.29, 0.717) is 23.2 Å². The Kier molecular flexibility index (Phi) is 14.3. The van der Waals surface area contributed by atoms with Crippen LogP contribution in [0.25, 0.3) is 0 Å². The zero-order chi connectivity index (χ0) is 36.4. The summed E-state index contributed by atoms with van der Waals surface area (Å²) in [6.07, 6.45) is 2.07. The number of thioether (sulfide) groups is 1. The predicted octanol–water partition coefficient (Wildman–Crippen LogP) is 8.63. The zero-order valence-electron chi connectivity index (χ0n) is 28.7. The van der Waals surface area contributed by atoms with E-state index in [1.54, 1.807) is 38.1 Å². The van der Waals surface area contributed by atoms with Crippen molar-refractivity contribution < 1.29 is 32.7 Å². The lowest BCUT2D eigenvalue weighted by atomic mass is 10.0. The Morgan fingerprint density at radius 1 is 1.14 bits per heavy atom. The van der Waals surface area contributed by atoms with Crippen LogP contribution in [-0.2, 0) is 31.7 Å². The van der Waals surface area contributed by atoms with Crippen LogP contribution in [0.2, 0.25) is 0 Å². The van der Waals surface area contributed by atoms with Crippen molar-refractivity contribution in [1.82, 2.24) is 9.55 Å². The number of nitrogens with two attached hydrogens (primary N) is 1. The molecule has 0 spiro atoms. The molecule has 4 rings (SSSR count). The number of carbonyl (C=O) groups is 1. The van der Waals surface area contributed by atoms with Crippen molar-refractivity contribution >= 4 is 60.3 Å². The maximum absolute atomic E-state index is 13.8. The molecule has 0 aliphatic heterocycles. The van der Waals surface area contributed by atoms with Crippen molar-refractivity contribution in [2.45, 2.75) is 70.2 Å². The van der Waals surface area contributed by atoms with E-state index in [2.05, 4.69) is 19.2 Å². The zero-order valence-corrected chi connectivity index (χ0v) is 31.9. The van der Waals surface area contributed by atoms with Gasteiger partial charge in [-0.05, 0) is 55.7 Å². The van der Waals surface area contributed by atoms with E-state index in [1.165, 1.54) is 11.8 Å². The average molecular weight is 767 g/mol. The Balaban J connectivity index is 1.51. The van der Waals surface area contributed by atoms with Crippen LogP contribution in [0.3, 0.4) is 0 Å². The molecule has 15 heteroatoms. The van der Waals surface area contributed by atoms with Crippen molar-refractivity contribution in [1.29, 1.82) is 0 Å².